The Bertz CT molecular complexity index is 221. The summed E-state index contributed by atoms with van der Waals surface area (Å²) in [5.41, 5.74) is 5.29. The molecule has 0 spiro atoms. The lowest BCUT2D eigenvalue weighted by atomic mass is 10.6. The fraction of sp³-hybridized carbons (Fsp3) is 0.400. The van der Waals surface area contributed by atoms with Crippen molar-refractivity contribution in [2.75, 3.05) is 6.54 Å². The van der Waals surface area contributed by atoms with Crippen LogP contribution in [0.4, 0.5) is 0 Å². The van der Waals surface area contributed by atoms with Crippen molar-refractivity contribution in [3.05, 3.63) is 16.6 Å². The van der Waals surface area contributed by atoms with Crippen LogP contribution in [0.3, 0.4) is 0 Å². The van der Waals surface area contributed by atoms with E-state index >= 15 is 0 Å². The van der Waals surface area contributed by atoms with Gasteiger partial charge in [-0.05, 0) is 0 Å². The molecule has 1 aromatic heterocycles. The summed E-state index contributed by atoms with van der Waals surface area (Å²) in [4.78, 5) is 3.78. The van der Waals surface area contributed by atoms with E-state index in [1.807, 2.05) is 0 Å². The molecule has 1 rings (SSSR count). The van der Waals surface area contributed by atoms with E-state index in [1.54, 1.807) is 10.9 Å². The third kappa shape index (κ3) is 1.42. The van der Waals surface area contributed by atoms with Crippen molar-refractivity contribution >= 4 is 23.2 Å². The summed E-state index contributed by atoms with van der Waals surface area (Å²) in [6.45, 7) is 1.19. The number of nitrogens with zero attached hydrogens (tertiary/aromatic N) is 2. The lowest BCUT2D eigenvalue weighted by molar-refractivity contribution is 0.708. The van der Waals surface area contributed by atoms with Crippen LogP contribution >= 0.6 is 23.2 Å². The van der Waals surface area contributed by atoms with Gasteiger partial charge in [-0.15, -0.1) is 0 Å². The second-order valence-corrected chi connectivity index (χ2v) is 2.52. The highest BCUT2D eigenvalue weighted by Crippen LogP contribution is 2.18. The monoisotopic (exact) mass is 179 g/mol. The fourth-order valence-electron chi connectivity index (χ4n) is 0.638. The third-order valence-electron chi connectivity index (χ3n) is 1.10. The lowest BCUT2D eigenvalue weighted by Crippen LogP contribution is -2.08. The van der Waals surface area contributed by atoms with Crippen molar-refractivity contribution in [3.63, 3.8) is 0 Å². The SMILES string of the molecule is NCCn1cnc(Cl)c1Cl. The molecule has 0 amide bonds. The highest BCUT2D eigenvalue weighted by atomic mass is 35.5. The Kier molecular flexibility index (Phi) is 2.54. The zero-order valence-electron chi connectivity index (χ0n) is 5.22. The minimum Gasteiger partial charge on any atom is -0.329 e. The van der Waals surface area contributed by atoms with Crippen LogP contribution in [-0.2, 0) is 6.54 Å². The first-order valence-electron chi connectivity index (χ1n) is 2.82. The van der Waals surface area contributed by atoms with Crippen molar-refractivity contribution in [2.45, 2.75) is 6.54 Å². The van der Waals surface area contributed by atoms with Crippen LogP contribution < -0.4 is 5.73 Å². The smallest absolute Gasteiger partial charge is 0.166 e. The maximum absolute atomic E-state index is 5.70. The summed E-state index contributed by atoms with van der Waals surface area (Å²) >= 11 is 11.3. The van der Waals surface area contributed by atoms with E-state index in [4.69, 9.17) is 28.9 Å². The standard InChI is InChI=1S/C5H7Cl2N3/c6-4-5(7)10(2-1-8)3-9-4/h3H,1-2,8H2. The minimum atomic E-state index is 0.329. The molecule has 0 aliphatic heterocycles. The Balaban J connectivity index is 2.83. The Labute approximate surface area is 68.7 Å². The molecule has 56 valence electrons. The van der Waals surface area contributed by atoms with Gasteiger partial charge in [0.25, 0.3) is 0 Å². The molecule has 0 saturated heterocycles. The van der Waals surface area contributed by atoms with E-state index in [0.717, 1.165) is 0 Å². The van der Waals surface area contributed by atoms with Gasteiger partial charge in [0.2, 0.25) is 0 Å². The molecule has 2 N–H and O–H groups in total. The Morgan fingerprint density at radius 1 is 1.60 bits per heavy atom. The van der Waals surface area contributed by atoms with Gasteiger partial charge in [0, 0.05) is 13.1 Å². The number of aromatic nitrogens is 2. The largest absolute Gasteiger partial charge is 0.329 e. The predicted molar refractivity (Wildman–Crippen MR) is 41.3 cm³/mol. The van der Waals surface area contributed by atoms with Crippen molar-refractivity contribution in [1.29, 1.82) is 0 Å². The molecular weight excluding hydrogens is 173 g/mol. The van der Waals surface area contributed by atoms with Crippen LogP contribution in [0.2, 0.25) is 10.3 Å². The average Bonchev–Trinajstić information content (AvgIpc) is 2.20. The van der Waals surface area contributed by atoms with E-state index in [2.05, 4.69) is 4.98 Å². The molecule has 3 nitrogen and oxygen atoms in total. The average molecular weight is 180 g/mol. The van der Waals surface area contributed by atoms with E-state index in [1.165, 1.54) is 0 Å². The Morgan fingerprint density at radius 3 is 2.70 bits per heavy atom. The summed E-state index contributed by atoms with van der Waals surface area (Å²) < 4.78 is 1.70. The third-order valence-corrected chi connectivity index (χ3v) is 1.87. The normalized spacial score (nSPS) is 10.3. The summed E-state index contributed by atoms with van der Waals surface area (Å²) in [6, 6.07) is 0. The number of hydrogen-bond donors (Lipinski definition) is 1. The van der Waals surface area contributed by atoms with Gasteiger partial charge in [-0.2, -0.15) is 0 Å². The zero-order chi connectivity index (χ0) is 7.56. The summed E-state index contributed by atoms with van der Waals surface area (Å²) in [7, 11) is 0. The summed E-state index contributed by atoms with van der Waals surface area (Å²) in [5.74, 6) is 0. The molecule has 0 unspecified atom stereocenters. The summed E-state index contributed by atoms with van der Waals surface area (Å²) in [6.07, 6.45) is 1.57. The molecule has 0 atom stereocenters. The molecule has 0 aliphatic carbocycles. The molecule has 1 heterocycles. The maximum atomic E-state index is 5.70. The molecule has 1 aromatic rings. The van der Waals surface area contributed by atoms with Crippen molar-refractivity contribution in [3.8, 4) is 0 Å². The van der Waals surface area contributed by atoms with E-state index in [0.29, 0.717) is 23.4 Å². The summed E-state index contributed by atoms with van der Waals surface area (Å²) in [5, 5.41) is 0.780. The molecule has 0 aliphatic rings. The van der Waals surface area contributed by atoms with Gasteiger partial charge >= 0.3 is 0 Å². The minimum absolute atomic E-state index is 0.329. The second-order valence-electron chi connectivity index (χ2n) is 1.81. The van der Waals surface area contributed by atoms with Crippen molar-refractivity contribution in [1.82, 2.24) is 9.55 Å². The first kappa shape index (κ1) is 7.85. The van der Waals surface area contributed by atoms with Crippen LogP contribution in [0.5, 0.6) is 0 Å². The van der Waals surface area contributed by atoms with Gasteiger partial charge in [-0.1, -0.05) is 23.2 Å². The highest BCUT2D eigenvalue weighted by molar-refractivity contribution is 6.40. The molecule has 0 fully saturated rings. The van der Waals surface area contributed by atoms with Gasteiger partial charge < -0.3 is 10.3 Å². The van der Waals surface area contributed by atoms with E-state index in [-0.39, 0.29) is 0 Å². The maximum Gasteiger partial charge on any atom is 0.166 e. The van der Waals surface area contributed by atoms with Crippen LogP contribution in [-0.4, -0.2) is 16.1 Å². The first-order chi connectivity index (χ1) is 4.75. The number of nitrogens with two attached hydrogens (primary N) is 1. The van der Waals surface area contributed by atoms with Crippen molar-refractivity contribution < 1.29 is 0 Å². The molecule has 10 heavy (non-hydrogen) atoms. The number of hydrogen-bond acceptors (Lipinski definition) is 2. The van der Waals surface area contributed by atoms with Gasteiger partial charge in [0.05, 0.1) is 6.33 Å². The van der Waals surface area contributed by atoms with Crippen LogP contribution in [0.25, 0.3) is 0 Å². The molecule has 0 saturated carbocycles. The van der Waals surface area contributed by atoms with E-state index < -0.39 is 0 Å². The molecule has 0 aromatic carbocycles. The van der Waals surface area contributed by atoms with Gasteiger partial charge in [-0.3, -0.25) is 0 Å². The van der Waals surface area contributed by atoms with Crippen LogP contribution in [0.15, 0.2) is 6.33 Å². The number of imidazole rings is 1. The predicted octanol–water partition coefficient (Wildman–Crippen LogP) is 1.15. The van der Waals surface area contributed by atoms with Crippen LogP contribution in [0.1, 0.15) is 0 Å². The zero-order valence-corrected chi connectivity index (χ0v) is 6.73. The van der Waals surface area contributed by atoms with Gasteiger partial charge in [0.15, 0.2) is 5.15 Å². The van der Waals surface area contributed by atoms with Gasteiger partial charge in [0.1, 0.15) is 5.15 Å². The molecule has 5 heteroatoms. The highest BCUT2D eigenvalue weighted by Gasteiger charge is 2.03. The topological polar surface area (TPSA) is 43.8 Å². The lowest BCUT2D eigenvalue weighted by Gasteiger charge is -1.98. The van der Waals surface area contributed by atoms with Crippen molar-refractivity contribution in [2.24, 2.45) is 5.73 Å². The first-order valence-corrected chi connectivity index (χ1v) is 3.57. The molecule has 0 bridgehead atoms. The Morgan fingerprint density at radius 2 is 2.30 bits per heavy atom. The van der Waals surface area contributed by atoms with Crippen LogP contribution in [0, 0.1) is 0 Å². The number of rotatable bonds is 2. The Hall–Kier alpha value is -0.250. The quantitative estimate of drug-likeness (QED) is 0.741. The van der Waals surface area contributed by atoms with E-state index in [9.17, 15) is 0 Å². The fourth-order valence-corrected chi connectivity index (χ4v) is 0.967. The molecular formula is C5H7Cl2N3. The molecule has 0 radical (unpaired) electrons. The number of halogens is 2. The second kappa shape index (κ2) is 3.23. The van der Waals surface area contributed by atoms with Gasteiger partial charge in [-0.25, -0.2) is 4.98 Å².